The maximum atomic E-state index is 13.4. The number of nitrogens with zero attached hydrogens (tertiary/aromatic N) is 4. The van der Waals surface area contributed by atoms with Crippen LogP contribution in [0.4, 0.5) is 0 Å². The van der Waals surface area contributed by atoms with Crippen LogP contribution in [0.15, 0.2) is 41.1 Å². The van der Waals surface area contributed by atoms with Crippen molar-refractivity contribution in [3.63, 3.8) is 0 Å². The molecule has 1 saturated heterocycles. The zero-order valence-corrected chi connectivity index (χ0v) is 21.6. The zero-order chi connectivity index (χ0) is 25.4. The molecule has 1 fully saturated rings. The van der Waals surface area contributed by atoms with Crippen LogP contribution < -0.4 is 11.1 Å². The third kappa shape index (κ3) is 5.02. The van der Waals surface area contributed by atoms with Crippen LogP contribution >= 0.6 is 22.9 Å². The van der Waals surface area contributed by atoms with Crippen molar-refractivity contribution in [1.29, 1.82) is 0 Å². The van der Waals surface area contributed by atoms with Crippen LogP contribution in [0.5, 0.6) is 0 Å². The van der Waals surface area contributed by atoms with E-state index in [0.717, 1.165) is 30.8 Å². The molecule has 0 aliphatic carbocycles. The normalized spacial score (nSPS) is 15.1. The Labute approximate surface area is 217 Å². The number of hydrogen-bond donors (Lipinski definition) is 2. The van der Waals surface area contributed by atoms with E-state index in [-0.39, 0.29) is 24.1 Å². The van der Waals surface area contributed by atoms with Gasteiger partial charge in [-0.1, -0.05) is 16.8 Å². The molecule has 5 heterocycles. The lowest BCUT2D eigenvalue weighted by Gasteiger charge is -2.34. The van der Waals surface area contributed by atoms with Crippen LogP contribution in [0, 0.1) is 0 Å². The summed E-state index contributed by atoms with van der Waals surface area (Å²) in [6.45, 7) is 6.54. The summed E-state index contributed by atoms with van der Waals surface area (Å²) in [6.07, 6.45) is 3.21. The molecule has 11 heteroatoms. The molecule has 0 aromatic carbocycles. The molecule has 0 radical (unpaired) electrons. The van der Waals surface area contributed by atoms with Gasteiger partial charge in [0, 0.05) is 42.8 Å². The van der Waals surface area contributed by atoms with Gasteiger partial charge in [0.05, 0.1) is 21.3 Å². The molecule has 0 unspecified atom stereocenters. The van der Waals surface area contributed by atoms with Gasteiger partial charge in [-0.3, -0.25) is 9.59 Å². The molecule has 9 nitrogen and oxygen atoms in total. The first-order chi connectivity index (χ1) is 17.3. The average molecular weight is 527 g/mol. The van der Waals surface area contributed by atoms with Crippen LogP contribution in [0.1, 0.15) is 53.2 Å². The highest BCUT2D eigenvalue weighted by Gasteiger charge is 2.25. The summed E-state index contributed by atoms with van der Waals surface area (Å²) < 4.78 is 7.98. The van der Waals surface area contributed by atoms with E-state index in [0.29, 0.717) is 38.6 Å². The molecule has 5 rings (SSSR count). The molecule has 36 heavy (non-hydrogen) atoms. The quantitative estimate of drug-likeness (QED) is 0.373. The lowest BCUT2D eigenvalue weighted by Crippen LogP contribution is -2.46. The second-order valence-corrected chi connectivity index (χ2v) is 11.0. The summed E-state index contributed by atoms with van der Waals surface area (Å²) >= 11 is 7.46. The van der Waals surface area contributed by atoms with Crippen molar-refractivity contribution in [2.75, 3.05) is 13.1 Å². The fourth-order valence-corrected chi connectivity index (χ4v) is 5.55. The number of pyridine rings is 1. The van der Waals surface area contributed by atoms with Gasteiger partial charge in [0.2, 0.25) is 5.91 Å². The van der Waals surface area contributed by atoms with Gasteiger partial charge >= 0.3 is 0 Å². The Morgan fingerprint density at radius 1 is 1.25 bits per heavy atom. The number of amides is 2. The van der Waals surface area contributed by atoms with Crippen molar-refractivity contribution < 1.29 is 14.1 Å². The van der Waals surface area contributed by atoms with Gasteiger partial charge in [0.15, 0.2) is 5.76 Å². The summed E-state index contributed by atoms with van der Waals surface area (Å²) in [6, 6.07) is 9.49. The smallest absolute Gasteiger partial charge is 0.268 e. The minimum Gasteiger partial charge on any atom is -0.366 e. The highest BCUT2D eigenvalue weighted by atomic mass is 35.5. The van der Waals surface area contributed by atoms with E-state index in [1.54, 1.807) is 22.8 Å². The second-order valence-electron chi connectivity index (χ2n) is 9.28. The predicted octanol–water partition coefficient (Wildman–Crippen LogP) is 4.16. The number of piperidine rings is 1. The molecule has 2 amide bonds. The van der Waals surface area contributed by atoms with Crippen LogP contribution in [0.2, 0.25) is 4.34 Å². The van der Waals surface area contributed by atoms with E-state index in [2.05, 4.69) is 34.2 Å². The summed E-state index contributed by atoms with van der Waals surface area (Å²) in [5.41, 5.74) is 7.36. The molecule has 0 atom stereocenters. The van der Waals surface area contributed by atoms with Crippen LogP contribution in [0.3, 0.4) is 0 Å². The number of primary amides is 1. The maximum Gasteiger partial charge on any atom is 0.268 e. The molecular weight excluding hydrogens is 500 g/mol. The Kier molecular flexibility index (Phi) is 6.83. The highest BCUT2D eigenvalue weighted by Crippen LogP contribution is 2.32. The molecule has 3 N–H and O–H groups in total. The summed E-state index contributed by atoms with van der Waals surface area (Å²) in [5.74, 6) is -0.161. The molecule has 1 aliphatic rings. The Hall–Kier alpha value is -3.21. The topological polar surface area (TPSA) is 119 Å². The molecule has 0 spiro atoms. The van der Waals surface area contributed by atoms with E-state index >= 15 is 0 Å². The fourth-order valence-electron chi connectivity index (χ4n) is 4.56. The number of aromatic nitrogens is 3. The number of rotatable bonds is 7. The Morgan fingerprint density at radius 3 is 2.69 bits per heavy atom. The third-order valence-electron chi connectivity index (χ3n) is 6.54. The number of carbonyl (C=O) groups excluding carboxylic acids is 2. The largest absolute Gasteiger partial charge is 0.366 e. The predicted molar refractivity (Wildman–Crippen MR) is 139 cm³/mol. The number of thiophene rings is 1. The zero-order valence-electron chi connectivity index (χ0n) is 20.0. The minimum absolute atomic E-state index is 0.0929. The van der Waals surface area contributed by atoms with Crippen molar-refractivity contribution in [3.8, 4) is 10.6 Å². The van der Waals surface area contributed by atoms with Gasteiger partial charge < -0.3 is 25.0 Å². The van der Waals surface area contributed by atoms with Crippen molar-refractivity contribution >= 4 is 45.8 Å². The van der Waals surface area contributed by atoms with E-state index in [1.165, 1.54) is 17.5 Å². The average Bonchev–Trinajstić information content (AvgIpc) is 3.58. The summed E-state index contributed by atoms with van der Waals surface area (Å²) in [7, 11) is 0. The Morgan fingerprint density at radius 2 is 2.03 bits per heavy atom. The molecule has 4 aromatic heterocycles. The molecule has 1 aliphatic heterocycles. The lowest BCUT2D eigenvalue weighted by atomic mass is 10.0. The van der Waals surface area contributed by atoms with E-state index in [1.807, 2.05) is 12.1 Å². The SMILES string of the molecule is CC(C)N1CCC(NC(=O)c2cc3cc(C(N)=O)cnc3n2Cc2cc(-c3ccc(Cl)s3)on2)CC1. The number of likely N-dealkylation sites (tertiary alicyclic amines) is 1. The van der Waals surface area contributed by atoms with Crippen LogP contribution in [0.25, 0.3) is 21.7 Å². The minimum atomic E-state index is -0.573. The molecule has 0 saturated carbocycles. The van der Waals surface area contributed by atoms with Gasteiger partial charge in [-0.2, -0.15) is 0 Å². The summed E-state index contributed by atoms with van der Waals surface area (Å²) in [4.78, 5) is 32.9. The van der Waals surface area contributed by atoms with E-state index in [9.17, 15) is 9.59 Å². The standard InChI is InChI=1S/C25H27ClN6O3S/c1-14(2)31-7-5-17(6-8-31)29-25(34)19-10-15-9-16(23(27)33)12-28-24(15)32(19)13-18-11-20(35-30-18)21-3-4-22(26)36-21/h3-4,9-12,14,17H,5-8,13H2,1-2H3,(H2,27,33)(H,29,34). The van der Waals surface area contributed by atoms with Gasteiger partial charge in [0.25, 0.3) is 5.91 Å². The van der Waals surface area contributed by atoms with Crippen molar-refractivity contribution in [2.24, 2.45) is 5.73 Å². The Balaban J connectivity index is 1.43. The van der Waals surface area contributed by atoms with Crippen molar-refractivity contribution in [3.05, 3.63) is 57.8 Å². The number of nitrogens with two attached hydrogens (primary N) is 1. The third-order valence-corrected chi connectivity index (χ3v) is 7.79. The number of carbonyl (C=O) groups is 2. The highest BCUT2D eigenvalue weighted by molar-refractivity contribution is 7.19. The summed E-state index contributed by atoms with van der Waals surface area (Å²) in [5, 5.41) is 8.04. The maximum absolute atomic E-state index is 13.4. The monoisotopic (exact) mass is 526 g/mol. The fraction of sp³-hybridized carbons (Fsp3) is 0.360. The van der Waals surface area contributed by atoms with Crippen molar-refractivity contribution in [2.45, 2.75) is 45.3 Å². The first-order valence-corrected chi connectivity index (χ1v) is 13.0. The number of nitrogens with one attached hydrogen (secondary N) is 1. The van der Waals surface area contributed by atoms with Crippen LogP contribution in [-0.2, 0) is 6.54 Å². The van der Waals surface area contributed by atoms with Crippen molar-refractivity contribution in [1.82, 2.24) is 24.9 Å². The van der Waals surface area contributed by atoms with Gasteiger partial charge in [-0.05, 0) is 51.0 Å². The lowest BCUT2D eigenvalue weighted by molar-refractivity contribution is 0.0891. The molecule has 4 aromatic rings. The second kappa shape index (κ2) is 10.0. The number of halogens is 1. The molecular formula is C25H27ClN6O3S. The van der Waals surface area contributed by atoms with Gasteiger partial charge in [-0.25, -0.2) is 4.98 Å². The first-order valence-electron chi connectivity index (χ1n) is 11.8. The van der Waals surface area contributed by atoms with E-state index < -0.39 is 5.91 Å². The molecule has 188 valence electrons. The number of fused-ring (bicyclic) bond motifs is 1. The van der Waals surface area contributed by atoms with E-state index in [4.69, 9.17) is 21.9 Å². The number of hydrogen-bond acceptors (Lipinski definition) is 7. The first kappa shape index (κ1) is 24.5. The van der Waals surface area contributed by atoms with Crippen LogP contribution in [-0.4, -0.2) is 56.6 Å². The molecule has 0 bridgehead atoms. The van der Waals surface area contributed by atoms with Gasteiger partial charge in [0.1, 0.15) is 17.0 Å². The van der Waals surface area contributed by atoms with Gasteiger partial charge in [-0.15, -0.1) is 11.3 Å². The Bertz CT molecular complexity index is 1420.